The molecule has 3 heterocycles. The van der Waals surface area contributed by atoms with Gasteiger partial charge in [-0.2, -0.15) is 0 Å². The van der Waals surface area contributed by atoms with Gasteiger partial charge < -0.3 is 34.7 Å². The number of nitrogens with two attached hydrogens (primary N) is 1. The number of carbonyl (C=O) groups excluding carboxylic acids is 2. The molecule has 8 nitrogen and oxygen atoms in total. The third kappa shape index (κ3) is 6.67. The van der Waals surface area contributed by atoms with Gasteiger partial charge in [-0.05, 0) is 36.6 Å². The van der Waals surface area contributed by atoms with Crippen LogP contribution in [0.4, 0.5) is 0 Å². The first-order valence-corrected chi connectivity index (χ1v) is 11.6. The third-order valence-corrected chi connectivity index (χ3v) is 6.28. The molecular formula is C28H28KN4O4-. The summed E-state index contributed by atoms with van der Waals surface area (Å²) >= 11 is 0. The van der Waals surface area contributed by atoms with Crippen LogP contribution in [0, 0.1) is 12.0 Å². The zero-order valence-corrected chi connectivity index (χ0v) is 24.4. The number of hydrogen-bond donors (Lipinski definition) is 2. The molecule has 0 aliphatic carbocycles. The number of nitrogens with one attached hydrogen (secondary N) is 1. The number of likely N-dealkylation sites (tertiary alicyclic amines) is 1. The monoisotopic (exact) mass is 523 g/mol. The normalized spacial score (nSPS) is 14.4. The SMILES string of the molecule is CO[C-]=O.COc1ccccc1-c1c[nH]c2ncc(-c3cc[c-]c(C(=O)N4CC[C@@H](CN)C4)c3)cc12.[K+]. The Morgan fingerprint density at radius 2 is 2.00 bits per heavy atom. The second kappa shape index (κ2) is 13.9. The Labute approximate surface area is 259 Å². The summed E-state index contributed by atoms with van der Waals surface area (Å²) in [4.78, 5) is 31.6. The van der Waals surface area contributed by atoms with Gasteiger partial charge in [0.15, 0.2) is 5.91 Å². The molecule has 37 heavy (non-hydrogen) atoms. The molecular weight excluding hydrogens is 495 g/mol. The van der Waals surface area contributed by atoms with Gasteiger partial charge in [-0.15, -0.1) is 24.3 Å². The number of para-hydroxylation sites is 1. The second-order valence-electron chi connectivity index (χ2n) is 8.44. The predicted octanol–water partition coefficient (Wildman–Crippen LogP) is 0.830. The molecule has 5 rings (SSSR count). The van der Waals surface area contributed by atoms with Gasteiger partial charge in [0, 0.05) is 49.1 Å². The molecule has 9 heteroatoms. The minimum atomic E-state index is 0. The molecule has 186 valence electrons. The van der Waals surface area contributed by atoms with Gasteiger partial charge >= 0.3 is 51.4 Å². The van der Waals surface area contributed by atoms with E-state index >= 15 is 0 Å². The third-order valence-electron chi connectivity index (χ3n) is 6.28. The van der Waals surface area contributed by atoms with Crippen LogP contribution in [0.5, 0.6) is 5.75 Å². The van der Waals surface area contributed by atoms with Crippen LogP contribution in [0.1, 0.15) is 16.8 Å². The second-order valence-corrected chi connectivity index (χ2v) is 8.44. The number of ether oxygens (including phenoxy) is 2. The van der Waals surface area contributed by atoms with E-state index in [1.807, 2.05) is 59.8 Å². The molecule has 1 aliphatic rings. The van der Waals surface area contributed by atoms with E-state index in [4.69, 9.17) is 15.3 Å². The number of H-pyrrole nitrogens is 1. The van der Waals surface area contributed by atoms with Crippen molar-refractivity contribution >= 4 is 23.4 Å². The Balaban J connectivity index is 0.000000711. The predicted molar refractivity (Wildman–Crippen MR) is 138 cm³/mol. The number of nitrogens with zero attached hydrogens (tertiary/aromatic N) is 2. The number of pyridine rings is 1. The zero-order valence-electron chi connectivity index (χ0n) is 21.3. The van der Waals surface area contributed by atoms with E-state index in [1.165, 1.54) is 13.6 Å². The molecule has 0 spiro atoms. The van der Waals surface area contributed by atoms with Crippen LogP contribution in [0.25, 0.3) is 33.3 Å². The molecule has 1 amide bonds. The van der Waals surface area contributed by atoms with Gasteiger partial charge in [-0.25, -0.2) is 4.98 Å². The van der Waals surface area contributed by atoms with Crippen LogP contribution in [-0.4, -0.2) is 61.1 Å². The van der Waals surface area contributed by atoms with E-state index in [-0.39, 0.29) is 57.3 Å². The van der Waals surface area contributed by atoms with Gasteiger partial charge in [-0.1, -0.05) is 35.8 Å². The smallest absolute Gasteiger partial charge is 0.655 e. The Morgan fingerprint density at radius 1 is 1.22 bits per heavy atom. The van der Waals surface area contributed by atoms with Gasteiger partial charge in [0.2, 0.25) is 0 Å². The summed E-state index contributed by atoms with van der Waals surface area (Å²) in [5, 5.41) is 0.998. The largest absolute Gasteiger partial charge is 1.00 e. The minimum Gasteiger partial charge on any atom is -0.655 e. The van der Waals surface area contributed by atoms with Crippen molar-refractivity contribution in [3.8, 4) is 28.0 Å². The number of rotatable bonds is 6. The van der Waals surface area contributed by atoms with E-state index < -0.39 is 0 Å². The van der Waals surface area contributed by atoms with Gasteiger partial charge in [0.25, 0.3) is 0 Å². The molecule has 0 bridgehead atoms. The number of hydrogen-bond acceptors (Lipinski definition) is 6. The van der Waals surface area contributed by atoms with Gasteiger partial charge in [0.1, 0.15) is 11.4 Å². The molecule has 2 aromatic heterocycles. The van der Waals surface area contributed by atoms with Crippen molar-refractivity contribution < 1.29 is 70.4 Å². The summed E-state index contributed by atoms with van der Waals surface area (Å²) in [6.07, 6.45) is 4.74. The Hall–Kier alpha value is -2.53. The fraction of sp³-hybridized carbons (Fsp3) is 0.250. The van der Waals surface area contributed by atoms with Gasteiger partial charge in [-0.3, -0.25) is 0 Å². The van der Waals surface area contributed by atoms with E-state index in [1.54, 1.807) is 7.11 Å². The van der Waals surface area contributed by atoms with Crippen LogP contribution >= 0.6 is 0 Å². The quantitative estimate of drug-likeness (QED) is 0.286. The van der Waals surface area contributed by atoms with Crippen molar-refractivity contribution in [3.63, 3.8) is 0 Å². The molecule has 2 aromatic carbocycles. The first-order valence-electron chi connectivity index (χ1n) is 11.6. The summed E-state index contributed by atoms with van der Waals surface area (Å²) in [6, 6.07) is 18.8. The summed E-state index contributed by atoms with van der Waals surface area (Å²) in [5.74, 6) is 1.20. The number of aromatic amines is 1. The molecule has 1 fully saturated rings. The maximum absolute atomic E-state index is 13.0. The summed E-state index contributed by atoms with van der Waals surface area (Å²) in [5.41, 5.74) is 11.1. The van der Waals surface area contributed by atoms with E-state index in [0.29, 0.717) is 24.6 Å². The Bertz CT molecular complexity index is 1360. The fourth-order valence-electron chi connectivity index (χ4n) is 4.40. The number of fused-ring (bicyclic) bond motifs is 1. The average Bonchev–Trinajstić information content (AvgIpc) is 3.60. The van der Waals surface area contributed by atoms with Crippen molar-refractivity contribution in [2.75, 3.05) is 33.9 Å². The Kier molecular flexibility index (Phi) is 10.9. The average molecular weight is 524 g/mol. The summed E-state index contributed by atoms with van der Waals surface area (Å²) < 4.78 is 9.29. The molecule has 1 aliphatic heterocycles. The minimum absolute atomic E-state index is 0. The van der Waals surface area contributed by atoms with Crippen molar-refractivity contribution in [3.05, 3.63) is 72.6 Å². The number of benzene rings is 2. The molecule has 1 saturated heterocycles. The van der Waals surface area contributed by atoms with Crippen molar-refractivity contribution in [1.29, 1.82) is 0 Å². The van der Waals surface area contributed by atoms with Gasteiger partial charge in [0.05, 0.1) is 7.11 Å². The van der Waals surface area contributed by atoms with E-state index in [2.05, 4.69) is 26.8 Å². The standard InChI is InChI=1S/C26H25N4O2.C2H3O2.K/c1-32-24-8-3-2-7-21(24)23-15-29-25-22(23)12-20(14-28-25)18-5-4-6-19(11-18)26(31)30-10-9-17(13-27)16-30;1-4-2-3;/h2-5,7-8,11-12,14-15,17H,9-10,13,16,27H2,1H3,(H,28,29);1H3;/q2*-1;+1/t17-;;/m0../s1. The molecule has 0 radical (unpaired) electrons. The first-order chi connectivity index (χ1) is 17.6. The van der Waals surface area contributed by atoms with Crippen molar-refractivity contribution in [2.45, 2.75) is 6.42 Å². The Morgan fingerprint density at radius 3 is 2.70 bits per heavy atom. The number of carbonyl (C=O) groups is 1. The zero-order chi connectivity index (χ0) is 25.5. The van der Waals surface area contributed by atoms with Crippen LogP contribution in [0.3, 0.4) is 0 Å². The van der Waals surface area contributed by atoms with E-state index in [9.17, 15) is 4.79 Å². The molecule has 1 atom stereocenters. The summed E-state index contributed by atoms with van der Waals surface area (Å²) in [7, 11) is 2.93. The van der Waals surface area contributed by atoms with Crippen LogP contribution in [-0.2, 0) is 9.53 Å². The maximum Gasteiger partial charge on any atom is 1.00 e. The van der Waals surface area contributed by atoms with Crippen LogP contribution in [0.2, 0.25) is 0 Å². The molecule has 0 saturated carbocycles. The topological polar surface area (TPSA) is 111 Å². The molecule has 0 unspecified atom stereocenters. The fourth-order valence-corrected chi connectivity index (χ4v) is 4.40. The maximum atomic E-state index is 13.0. The first kappa shape index (κ1) is 29.0. The number of amides is 1. The molecule has 3 N–H and O–H groups in total. The number of methoxy groups -OCH3 is 2. The summed E-state index contributed by atoms with van der Waals surface area (Å²) in [6.45, 7) is 3.26. The van der Waals surface area contributed by atoms with Crippen LogP contribution in [0.15, 0.2) is 60.9 Å². The number of aromatic nitrogens is 2. The van der Waals surface area contributed by atoms with Crippen LogP contribution < -0.4 is 61.9 Å². The van der Waals surface area contributed by atoms with E-state index in [0.717, 1.165) is 52.0 Å². The molecule has 4 aromatic rings. The van der Waals surface area contributed by atoms with Crippen molar-refractivity contribution in [2.24, 2.45) is 11.7 Å². The van der Waals surface area contributed by atoms with Crippen molar-refractivity contribution in [1.82, 2.24) is 14.9 Å².